The van der Waals surface area contributed by atoms with E-state index < -0.39 is 0 Å². The van der Waals surface area contributed by atoms with Crippen LogP contribution in [0.5, 0.6) is 0 Å². The van der Waals surface area contributed by atoms with Crippen molar-refractivity contribution in [3.05, 3.63) is 35.9 Å². The maximum atomic E-state index is 9.60. The van der Waals surface area contributed by atoms with Gasteiger partial charge in [-0.25, -0.2) is 0 Å². The lowest BCUT2D eigenvalue weighted by Crippen LogP contribution is -2.40. The Morgan fingerprint density at radius 3 is 2.67 bits per heavy atom. The number of aliphatic hydroxyl groups excluding tert-OH is 1. The van der Waals surface area contributed by atoms with Crippen LogP contribution in [0.4, 0.5) is 0 Å². The van der Waals surface area contributed by atoms with E-state index in [2.05, 4.69) is 24.4 Å². The minimum atomic E-state index is -0.379. The Bertz CT molecular complexity index is 302. The van der Waals surface area contributed by atoms with Gasteiger partial charge >= 0.3 is 0 Å². The second-order valence-corrected chi connectivity index (χ2v) is 4.01. The topological polar surface area (TPSA) is 41.5 Å². The van der Waals surface area contributed by atoms with Crippen molar-refractivity contribution in [1.82, 2.24) is 5.32 Å². The first kappa shape index (κ1) is 10.6. The number of rotatable bonds is 3. The van der Waals surface area contributed by atoms with Crippen LogP contribution in [0.1, 0.15) is 18.5 Å². The van der Waals surface area contributed by atoms with Crippen molar-refractivity contribution in [2.75, 3.05) is 13.2 Å². The second kappa shape index (κ2) is 4.75. The minimum Gasteiger partial charge on any atom is -0.389 e. The van der Waals surface area contributed by atoms with E-state index in [0.717, 1.165) is 0 Å². The zero-order chi connectivity index (χ0) is 10.7. The molecule has 1 heterocycles. The molecule has 1 fully saturated rings. The Kier molecular flexibility index (Phi) is 3.36. The molecule has 1 aliphatic rings. The van der Waals surface area contributed by atoms with E-state index in [1.165, 1.54) is 5.56 Å². The number of ether oxygens (including phenoxy) is 1. The van der Waals surface area contributed by atoms with E-state index in [1.807, 2.05) is 18.2 Å². The molecular formula is C12H17NO2. The molecule has 0 aliphatic carbocycles. The van der Waals surface area contributed by atoms with Crippen LogP contribution >= 0.6 is 0 Å². The van der Waals surface area contributed by atoms with Gasteiger partial charge in [0.15, 0.2) is 0 Å². The fourth-order valence-corrected chi connectivity index (χ4v) is 1.86. The summed E-state index contributed by atoms with van der Waals surface area (Å²) in [4.78, 5) is 0. The molecule has 1 saturated heterocycles. The summed E-state index contributed by atoms with van der Waals surface area (Å²) in [6.45, 7) is 3.14. The van der Waals surface area contributed by atoms with Crippen LogP contribution in [-0.4, -0.2) is 30.5 Å². The third-order valence-electron chi connectivity index (χ3n) is 2.81. The molecule has 3 atom stereocenters. The lowest BCUT2D eigenvalue weighted by Gasteiger charge is -2.20. The summed E-state index contributed by atoms with van der Waals surface area (Å²) in [5, 5.41) is 13.0. The third kappa shape index (κ3) is 2.56. The Morgan fingerprint density at radius 2 is 2.07 bits per heavy atom. The predicted octanol–water partition coefficient (Wildman–Crippen LogP) is 1.10. The highest BCUT2D eigenvalue weighted by atomic mass is 16.5. The summed E-state index contributed by atoms with van der Waals surface area (Å²) in [6.07, 6.45) is -0.379. The normalized spacial score (nSPS) is 27.9. The van der Waals surface area contributed by atoms with Gasteiger partial charge in [-0.3, -0.25) is 0 Å². The predicted molar refractivity (Wildman–Crippen MR) is 58.6 cm³/mol. The molecular weight excluding hydrogens is 190 g/mol. The molecule has 0 amide bonds. The first-order chi connectivity index (χ1) is 7.27. The average molecular weight is 207 g/mol. The Morgan fingerprint density at radius 1 is 1.33 bits per heavy atom. The number of aliphatic hydroxyl groups is 1. The van der Waals surface area contributed by atoms with Crippen molar-refractivity contribution in [3.8, 4) is 0 Å². The Labute approximate surface area is 90.1 Å². The molecule has 3 heteroatoms. The van der Waals surface area contributed by atoms with Crippen LogP contribution < -0.4 is 5.32 Å². The highest BCUT2D eigenvalue weighted by Crippen LogP contribution is 2.15. The van der Waals surface area contributed by atoms with Gasteiger partial charge in [0.05, 0.1) is 25.4 Å². The van der Waals surface area contributed by atoms with Crippen LogP contribution in [0, 0.1) is 0 Å². The first-order valence-electron chi connectivity index (χ1n) is 5.34. The highest BCUT2D eigenvalue weighted by molar-refractivity contribution is 5.18. The molecule has 15 heavy (non-hydrogen) atoms. The number of hydrogen-bond acceptors (Lipinski definition) is 3. The van der Waals surface area contributed by atoms with Gasteiger partial charge in [-0.1, -0.05) is 30.3 Å². The molecule has 0 bridgehead atoms. The molecule has 3 nitrogen and oxygen atoms in total. The van der Waals surface area contributed by atoms with E-state index in [0.29, 0.717) is 13.2 Å². The maximum Gasteiger partial charge on any atom is 0.0948 e. The van der Waals surface area contributed by atoms with Gasteiger partial charge in [-0.15, -0.1) is 0 Å². The standard InChI is InChI=1S/C12H17NO2/c1-9(10-5-3-2-4-6-10)13-11-7-15-8-12(11)14/h2-6,9,11-14H,7-8H2,1H3/t9-,11-,12?/m0/s1. The van der Waals surface area contributed by atoms with Gasteiger partial charge in [0.25, 0.3) is 0 Å². The van der Waals surface area contributed by atoms with Crippen molar-refractivity contribution in [1.29, 1.82) is 0 Å². The molecule has 1 aromatic rings. The molecule has 0 saturated carbocycles. The van der Waals surface area contributed by atoms with Gasteiger partial charge in [0.2, 0.25) is 0 Å². The van der Waals surface area contributed by atoms with Crippen molar-refractivity contribution in [3.63, 3.8) is 0 Å². The molecule has 0 spiro atoms. The lowest BCUT2D eigenvalue weighted by molar-refractivity contribution is 0.121. The Balaban J connectivity index is 1.95. The zero-order valence-electron chi connectivity index (χ0n) is 8.89. The molecule has 1 unspecified atom stereocenters. The third-order valence-corrected chi connectivity index (χ3v) is 2.81. The summed E-state index contributed by atoms with van der Waals surface area (Å²) in [6, 6.07) is 10.5. The molecule has 1 aliphatic heterocycles. The zero-order valence-corrected chi connectivity index (χ0v) is 8.89. The molecule has 2 rings (SSSR count). The molecule has 0 radical (unpaired) electrons. The monoisotopic (exact) mass is 207 g/mol. The summed E-state index contributed by atoms with van der Waals surface area (Å²) >= 11 is 0. The Hall–Kier alpha value is -0.900. The van der Waals surface area contributed by atoms with Crippen molar-refractivity contribution < 1.29 is 9.84 Å². The van der Waals surface area contributed by atoms with E-state index in [4.69, 9.17) is 4.74 Å². The number of benzene rings is 1. The summed E-state index contributed by atoms with van der Waals surface area (Å²) in [5.74, 6) is 0. The van der Waals surface area contributed by atoms with Crippen molar-refractivity contribution >= 4 is 0 Å². The van der Waals surface area contributed by atoms with Gasteiger partial charge in [0, 0.05) is 6.04 Å². The highest BCUT2D eigenvalue weighted by Gasteiger charge is 2.27. The van der Waals surface area contributed by atoms with Gasteiger partial charge < -0.3 is 15.2 Å². The summed E-state index contributed by atoms with van der Waals surface area (Å²) in [5.41, 5.74) is 1.23. The lowest BCUT2D eigenvalue weighted by atomic mass is 10.1. The van der Waals surface area contributed by atoms with Crippen molar-refractivity contribution in [2.45, 2.75) is 25.1 Å². The number of nitrogens with one attached hydrogen (secondary N) is 1. The van der Waals surface area contributed by atoms with E-state index in [1.54, 1.807) is 0 Å². The van der Waals surface area contributed by atoms with Gasteiger partial charge in [0.1, 0.15) is 0 Å². The molecule has 82 valence electrons. The quantitative estimate of drug-likeness (QED) is 0.779. The van der Waals surface area contributed by atoms with Crippen LogP contribution in [-0.2, 0) is 4.74 Å². The molecule has 1 aromatic carbocycles. The van der Waals surface area contributed by atoms with Crippen LogP contribution in [0.2, 0.25) is 0 Å². The summed E-state index contributed by atoms with van der Waals surface area (Å²) in [7, 11) is 0. The fraction of sp³-hybridized carbons (Fsp3) is 0.500. The van der Waals surface area contributed by atoms with E-state index in [-0.39, 0.29) is 18.2 Å². The average Bonchev–Trinajstić information content (AvgIpc) is 2.66. The van der Waals surface area contributed by atoms with Crippen LogP contribution in [0.25, 0.3) is 0 Å². The smallest absolute Gasteiger partial charge is 0.0948 e. The van der Waals surface area contributed by atoms with Crippen LogP contribution in [0.15, 0.2) is 30.3 Å². The maximum absolute atomic E-state index is 9.60. The number of hydrogen-bond donors (Lipinski definition) is 2. The van der Waals surface area contributed by atoms with Gasteiger partial charge in [-0.2, -0.15) is 0 Å². The fourth-order valence-electron chi connectivity index (χ4n) is 1.86. The van der Waals surface area contributed by atoms with Crippen molar-refractivity contribution in [2.24, 2.45) is 0 Å². The molecule has 0 aromatic heterocycles. The SMILES string of the molecule is C[C@H](N[C@H]1COCC1O)c1ccccc1. The van der Waals surface area contributed by atoms with E-state index >= 15 is 0 Å². The van der Waals surface area contributed by atoms with E-state index in [9.17, 15) is 5.11 Å². The second-order valence-electron chi connectivity index (χ2n) is 4.01. The van der Waals surface area contributed by atoms with Gasteiger partial charge in [-0.05, 0) is 12.5 Å². The first-order valence-corrected chi connectivity index (χ1v) is 5.34. The minimum absolute atomic E-state index is 0.0557. The van der Waals surface area contributed by atoms with Crippen LogP contribution in [0.3, 0.4) is 0 Å². The summed E-state index contributed by atoms with van der Waals surface area (Å²) < 4.78 is 5.19. The molecule has 2 N–H and O–H groups in total. The largest absolute Gasteiger partial charge is 0.389 e.